The molecule has 3 rings (SSSR count). The number of non-ortho nitro benzene ring substituents is 1. The molecule has 1 aromatic carbocycles. The Hall–Kier alpha value is -2.08. The van der Waals surface area contributed by atoms with Crippen molar-refractivity contribution >= 4 is 22.3 Å². The van der Waals surface area contributed by atoms with Crippen molar-refractivity contribution in [2.45, 2.75) is 26.2 Å². The van der Waals surface area contributed by atoms with Crippen LogP contribution in [0.2, 0.25) is 0 Å². The molecule has 124 valence electrons. The lowest BCUT2D eigenvalue weighted by Gasteiger charge is -2.34. The zero-order valence-corrected chi connectivity index (χ0v) is 14.2. The highest BCUT2D eigenvalue weighted by atomic mass is 16.6. The van der Waals surface area contributed by atoms with E-state index < -0.39 is 0 Å². The highest BCUT2D eigenvalue weighted by Crippen LogP contribution is 2.37. The lowest BCUT2D eigenvalue weighted by Crippen LogP contribution is -2.44. The van der Waals surface area contributed by atoms with Crippen LogP contribution < -0.4 is 4.90 Å². The summed E-state index contributed by atoms with van der Waals surface area (Å²) in [5, 5.41) is 12.1. The number of hydrogen-bond donors (Lipinski definition) is 1. The number of hydrogen-bond acceptors (Lipinski definition) is 4. The predicted octanol–water partition coefficient (Wildman–Crippen LogP) is 3.13. The summed E-state index contributed by atoms with van der Waals surface area (Å²) in [6.07, 6.45) is 0. The lowest BCUT2D eigenvalue weighted by atomic mass is 9.92. The van der Waals surface area contributed by atoms with Crippen LogP contribution in [0, 0.1) is 10.1 Å². The van der Waals surface area contributed by atoms with Crippen LogP contribution >= 0.6 is 0 Å². The molecule has 0 bridgehead atoms. The number of piperazine rings is 1. The van der Waals surface area contributed by atoms with E-state index in [1.165, 1.54) is 0 Å². The number of nitrogens with zero attached hydrogens (tertiary/aromatic N) is 3. The van der Waals surface area contributed by atoms with Gasteiger partial charge in [0.05, 0.1) is 21.5 Å². The number of rotatable bonds is 2. The number of nitro groups is 1. The maximum Gasteiger partial charge on any atom is 0.278 e. The number of nitro benzene ring substituents is 1. The van der Waals surface area contributed by atoms with Gasteiger partial charge in [0.2, 0.25) is 0 Å². The van der Waals surface area contributed by atoms with Crippen LogP contribution in [0.25, 0.3) is 10.9 Å². The van der Waals surface area contributed by atoms with Crippen LogP contribution in [0.4, 0.5) is 11.4 Å². The van der Waals surface area contributed by atoms with Gasteiger partial charge in [0, 0.05) is 43.4 Å². The topological polar surface area (TPSA) is 65.4 Å². The van der Waals surface area contributed by atoms with Gasteiger partial charge in [-0.2, -0.15) is 0 Å². The first-order chi connectivity index (χ1) is 10.8. The van der Waals surface area contributed by atoms with Crippen LogP contribution in [0.15, 0.2) is 18.2 Å². The maximum absolute atomic E-state index is 11.4. The van der Waals surface area contributed by atoms with E-state index in [-0.39, 0.29) is 16.0 Å². The van der Waals surface area contributed by atoms with Gasteiger partial charge in [-0.3, -0.25) is 10.1 Å². The molecule has 1 N–H and O–H groups in total. The van der Waals surface area contributed by atoms with Gasteiger partial charge in [0.15, 0.2) is 0 Å². The first-order valence-electron chi connectivity index (χ1n) is 8.01. The Kier molecular flexibility index (Phi) is 3.80. The summed E-state index contributed by atoms with van der Waals surface area (Å²) in [7, 11) is 2.12. The van der Waals surface area contributed by atoms with Crippen LogP contribution in [0.1, 0.15) is 26.5 Å². The van der Waals surface area contributed by atoms with E-state index in [4.69, 9.17) is 0 Å². The molecule has 2 aromatic rings. The smallest absolute Gasteiger partial charge is 0.278 e. The van der Waals surface area contributed by atoms with Gasteiger partial charge < -0.3 is 14.8 Å². The summed E-state index contributed by atoms with van der Waals surface area (Å²) in [5.74, 6) is 0. The number of anilines is 1. The van der Waals surface area contributed by atoms with Gasteiger partial charge in [-0.1, -0.05) is 20.8 Å². The Labute approximate surface area is 136 Å². The second-order valence-corrected chi connectivity index (χ2v) is 7.37. The number of aromatic amines is 1. The Bertz CT molecular complexity index is 737. The van der Waals surface area contributed by atoms with Crippen molar-refractivity contribution in [3.05, 3.63) is 34.0 Å². The van der Waals surface area contributed by atoms with E-state index >= 15 is 0 Å². The summed E-state index contributed by atoms with van der Waals surface area (Å²) < 4.78 is 0. The minimum absolute atomic E-state index is 0.0771. The monoisotopic (exact) mass is 316 g/mol. The summed E-state index contributed by atoms with van der Waals surface area (Å²) >= 11 is 0. The van der Waals surface area contributed by atoms with Crippen molar-refractivity contribution in [2.24, 2.45) is 0 Å². The zero-order chi connectivity index (χ0) is 16.8. The third-order valence-electron chi connectivity index (χ3n) is 4.60. The Balaban J connectivity index is 2.14. The van der Waals surface area contributed by atoms with E-state index in [1.54, 1.807) is 6.07 Å². The van der Waals surface area contributed by atoms with Crippen LogP contribution in [-0.4, -0.2) is 48.0 Å². The second kappa shape index (κ2) is 5.53. The molecular formula is C17H24N4O2. The van der Waals surface area contributed by atoms with Gasteiger partial charge in [-0.25, -0.2) is 0 Å². The average Bonchev–Trinajstić information content (AvgIpc) is 2.92. The molecule has 6 heteroatoms. The molecule has 0 radical (unpaired) electrons. The lowest BCUT2D eigenvalue weighted by molar-refractivity contribution is -0.383. The first-order valence-corrected chi connectivity index (χ1v) is 8.01. The average molecular weight is 316 g/mol. The van der Waals surface area contributed by atoms with Gasteiger partial charge in [-0.05, 0) is 19.2 Å². The number of nitrogens with one attached hydrogen (secondary N) is 1. The largest absolute Gasteiger partial charge is 0.367 e. The quantitative estimate of drug-likeness (QED) is 0.683. The van der Waals surface area contributed by atoms with E-state index in [0.717, 1.165) is 43.1 Å². The molecule has 1 aliphatic heterocycles. The Morgan fingerprint density at radius 1 is 1.17 bits per heavy atom. The van der Waals surface area contributed by atoms with Crippen molar-refractivity contribution < 1.29 is 4.92 Å². The molecule has 23 heavy (non-hydrogen) atoms. The van der Waals surface area contributed by atoms with E-state index in [9.17, 15) is 10.1 Å². The number of aromatic nitrogens is 1. The minimum Gasteiger partial charge on any atom is -0.367 e. The molecular weight excluding hydrogens is 292 g/mol. The summed E-state index contributed by atoms with van der Waals surface area (Å²) in [6, 6.07) is 5.46. The number of fused-ring (bicyclic) bond motifs is 1. The van der Waals surface area contributed by atoms with Crippen molar-refractivity contribution in [2.75, 3.05) is 38.1 Å². The van der Waals surface area contributed by atoms with Gasteiger partial charge >= 0.3 is 0 Å². The molecule has 1 aromatic heterocycles. The van der Waals surface area contributed by atoms with Crippen molar-refractivity contribution in [3.8, 4) is 0 Å². The Morgan fingerprint density at radius 2 is 1.83 bits per heavy atom. The van der Waals surface area contributed by atoms with Crippen molar-refractivity contribution in [1.29, 1.82) is 0 Å². The van der Waals surface area contributed by atoms with Crippen LogP contribution in [-0.2, 0) is 5.41 Å². The van der Waals surface area contributed by atoms with Crippen LogP contribution in [0.5, 0.6) is 0 Å². The summed E-state index contributed by atoms with van der Waals surface area (Å²) in [4.78, 5) is 19.1. The fourth-order valence-electron chi connectivity index (χ4n) is 3.06. The first kappa shape index (κ1) is 15.8. The fourth-order valence-corrected chi connectivity index (χ4v) is 3.06. The van der Waals surface area contributed by atoms with E-state index in [2.05, 4.69) is 42.6 Å². The summed E-state index contributed by atoms with van der Waals surface area (Å²) in [6.45, 7) is 10.2. The van der Waals surface area contributed by atoms with E-state index in [0.29, 0.717) is 5.39 Å². The molecule has 1 saturated heterocycles. The van der Waals surface area contributed by atoms with Gasteiger partial charge in [-0.15, -0.1) is 0 Å². The zero-order valence-electron chi connectivity index (χ0n) is 14.2. The Morgan fingerprint density at radius 3 is 2.39 bits per heavy atom. The third-order valence-corrected chi connectivity index (χ3v) is 4.60. The molecule has 0 saturated carbocycles. The molecule has 0 amide bonds. The van der Waals surface area contributed by atoms with Crippen molar-refractivity contribution in [1.82, 2.24) is 9.88 Å². The standard InChI is InChI=1S/C17H24N4O2/c1-17(2,3)15-11-12-13(21(22)23)5-6-14(16(12)18-15)20-9-7-19(4)8-10-20/h5-6,11,18H,7-10H2,1-4H3. The number of benzene rings is 1. The van der Waals surface area contributed by atoms with Gasteiger partial charge in [0.25, 0.3) is 5.69 Å². The van der Waals surface area contributed by atoms with Crippen LogP contribution in [0.3, 0.4) is 0 Å². The molecule has 0 aliphatic carbocycles. The second-order valence-electron chi connectivity index (χ2n) is 7.37. The third kappa shape index (κ3) is 2.91. The molecule has 1 aliphatic rings. The molecule has 0 atom stereocenters. The normalized spacial score (nSPS) is 17.0. The fraction of sp³-hybridized carbons (Fsp3) is 0.529. The minimum atomic E-state index is -0.295. The van der Waals surface area contributed by atoms with E-state index in [1.807, 2.05) is 12.1 Å². The molecule has 2 heterocycles. The predicted molar refractivity (Wildman–Crippen MR) is 93.4 cm³/mol. The molecule has 1 fully saturated rings. The van der Waals surface area contributed by atoms with Gasteiger partial charge in [0.1, 0.15) is 0 Å². The summed E-state index contributed by atoms with van der Waals surface area (Å²) in [5.41, 5.74) is 3.07. The highest BCUT2D eigenvalue weighted by molar-refractivity contribution is 5.98. The molecule has 0 spiro atoms. The number of H-pyrrole nitrogens is 1. The number of likely N-dealkylation sites (N-methyl/N-ethyl adjacent to an activating group) is 1. The molecule has 6 nitrogen and oxygen atoms in total. The highest BCUT2D eigenvalue weighted by Gasteiger charge is 2.25. The molecule has 0 unspecified atom stereocenters. The maximum atomic E-state index is 11.4. The van der Waals surface area contributed by atoms with Crippen molar-refractivity contribution in [3.63, 3.8) is 0 Å². The SMILES string of the molecule is CN1CCN(c2ccc([N+](=O)[O-])c3cc(C(C)(C)C)[nH]c23)CC1.